The molecule has 6 aliphatic rings. The number of fused-ring (bicyclic) bond motifs is 6. The molecule has 6 fully saturated rings. The second kappa shape index (κ2) is 4.58. The molecule has 4 heterocycles. The van der Waals surface area contributed by atoms with Gasteiger partial charge in [-0.05, 0) is 20.8 Å². The highest BCUT2D eigenvalue weighted by Crippen LogP contribution is 2.78. The molecule has 6 rings (SSSR count). The van der Waals surface area contributed by atoms with Gasteiger partial charge in [0.2, 0.25) is 0 Å². The minimum atomic E-state index is -0.938. The molecule has 2 aliphatic carbocycles. The number of carbonyl (C=O) groups is 2. The number of aliphatic hydroxyl groups excluding tert-OH is 1. The van der Waals surface area contributed by atoms with E-state index in [1.807, 2.05) is 20.8 Å². The molecule has 0 radical (unpaired) electrons. The third-order valence-electron chi connectivity index (χ3n) is 8.82. The van der Waals surface area contributed by atoms with Gasteiger partial charge in [0.15, 0.2) is 11.7 Å². The number of hydrogen-bond donors (Lipinski definition) is 1. The van der Waals surface area contributed by atoms with Crippen molar-refractivity contribution in [3.63, 3.8) is 0 Å². The van der Waals surface area contributed by atoms with Crippen LogP contribution < -0.4 is 0 Å². The van der Waals surface area contributed by atoms with Gasteiger partial charge in [0.05, 0.1) is 29.6 Å². The summed E-state index contributed by atoms with van der Waals surface area (Å²) in [5, 5.41) is 10.1. The lowest BCUT2D eigenvalue weighted by molar-refractivity contribution is -0.228. The highest BCUT2D eigenvalue weighted by atomic mass is 16.7. The van der Waals surface area contributed by atoms with Crippen LogP contribution in [0.2, 0.25) is 0 Å². The first-order valence-electron chi connectivity index (χ1n) is 10.1. The maximum Gasteiger partial charge on any atom is 0.313 e. The average molecular weight is 394 g/mol. The largest absolute Gasteiger partial charge is 0.456 e. The van der Waals surface area contributed by atoms with E-state index in [9.17, 15) is 14.7 Å². The van der Waals surface area contributed by atoms with Gasteiger partial charge in [-0.25, -0.2) is 0 Å². The summed E-state index contributed by atoms with van der Waals surface area (Å²) < 4.78 is 30.0. The van der Waals surface area contributed by atoms with Crippen LogP contribution in [-0.4, -0.2) is 71.5 Å². The first-order chi connectivity index (χ1) is 13.1. The minimum Gasteiger partial charge on any atom is -0.456 e. The molecule has 0 amide bonds. The highest BCUT2D eigenvalue weighted by molar-refractivity contribution is 5.82. The van der Waals surface area contributed by atoms with Crippen LogP contribution in [0.1, 0.15) is 34.1 Å². The SMILES string of the molecule is CO[C@@H]1[C@@H]2OC(=O)[C@H]([C@@H]3[C@H]4O[C@H]4[C@]4(C[C@@H](C(C)O)C(=O)O4)[C@@]31C)[C@@]21OC1(C)C. The molecule has 2 bridgehead atoms. The molecule has 1 N–H and O–H groups in total. The Morgan fingerprint density at radius 3 is 2.39 bits per heavy atom. The summed E-state index contributed by atoms with van der Waals surface area (Å²) in [5.74, 6) is -2.03. The summed E-state index contributed by atoms with van der Waals surface area (Å²) in [6, 6.07) is 0. The second-order valence-corrected chi connectivity index (χ2v) is 10.1. The summed E-state index contributed by atoms with van der Waals surface area (Å²) in [6.45, 7) is 7.58. The van der Waals surface area contributed by atoms with E-state index in [0.29, 0.717) is 6.42 Å². The molecule has 4 saturated heterocycles. The summed E-state index contributed by atoms with van der Waals surface area (Å²) >= 11 is 0. The van der Waals surface area contributed by atoms with Crippen LogP contribution in [0.5, 0.6) is 0 Å². The zero-order valence-corrected chi connectivity index (χ0v) is 16.6. The quantitative estimate of drug-likeness (QED) is 0.523. The van der Waals surface area contributed by atoms with E-state index < -0.39 is 58.3 Å². The van der Waals surface area contributed by atoms with Gasteiger partial charge < -0.3 is 28.8 Å². The molecular formula is C20H26O8. The molecule has 0 aromatic carbocycles. The molecule has 0 aromatic rings. The van der Waals surface area contributed by atoms with Gasteiger partial charge in [-0.15, -0.1) is 0 Å². The number of aliphatic hydroxyl groups is 1. The van der Waals surface area contributed by atoms with Gasteiger partial charge in [-0.3, -0.25) is 9.59 Å². The van der Waals surface area contributed by atoms with Crippen molar-refractivity contribution in [3.8, 4) is 0 Å². The fourth-order valence-electron chi connectivity index (χ4n) is 7.50. The van der Waals surface area contributed by atoms with Crippen LogP contribution in [0.25, 0.3) is 0 Å². The standard InChI is InChI=1S/C20H26O8/c1-7(21)8-6-19(27-15(8)22)12-11(25-12)9-10-16(23)26-14(13(24-5)18(9,19)4)20(10)17(2,3)28-20/h7-14,21H,6H2,1-5H3/t7?,8-,9+,10-,11+,12+,13+,14-,18-,19+,20+/m0/s1. The predicted octanol–water partition coefficient (Wildman–Crippen LogP) is 0.190. The molecule has 8 nitrogen and oxygen atoms in total. The van der Waals surface area contributed by atoms with Crippen molar-refractivity contribution in [2.45, 2.75) is 81.4 Å². The Balaban J connectivity index is 1.52. The van der Waals surface area contributed by atoms with Crippen molar-refractivity contribution in [1.29, 1.82) is 0 Å². The monoisotopic (exact) mass is 394 g/mol. The van der Waals surface area contributed by atoms with E-state index in [2.05, 4.69) is 0 Å². The number of esters is 2. The zero-order valence-electron chi connectivity index (χ0n) is 16.6. The lowest BCUT2D eigenvalue weighted by Crippen LogP contribution is -2.68. The number of carbonyl (C=O) groups excluding carboxylic acids is 2. The molecular weight excluding hydrogens is 368 g/mol. The molecule has 2 saturated carbocycles. The zero-order chi connectivity index (χ0) is 20.0. The van der Waals surface area contributed by atoms with Gasteiger partial charge in [0.25, 0.3) is 0 Å². The van der Waals surface area contributed by atoms with Gasteiger partial charge in [-0.2, -0.15) is 0 Å². The number of ether oxygens (including phenoxy) is 5. The topological polar surface area (TPSA) is 107 Å². The van der Waals surface area contributed by atoms with Crippen LogP contribution in [0, 0.1) is 23.2 Å². The first kappa shape index (κ1) is 17.6. The van der Waals surface area contributed by atoms with E-state index in [-0.39, 0.29) is 24.1 Å². The summed E-state index contributed by atoms with van der Waals surface area (Å²) in [7, 11) is 1.60. The lowest BCUT2D eigenvalue weighted by atomic mass is 9.52. The molecule has 8 heteroatoms. The second-order valence-electron chi connectivity index (χ2n) is 10.1. The third-order valence-corrected chi connectivity index (χ3v) is 8.82. The Morgan fingerprint density at radius 2 is 1.86 bits per heavy atom. The van der Waals surface area contributed by atoms with Crippen LogP contribution in [0.3, 0.4) is 0 Å². The fourth-order valence-corrected chi connectivity index (χ4v) is 7.50. The molecule has 28 heavy (non-hydrogen) atoms. The molecule has 154 valence electrons. The van der Waals surface area contributed by atoms with Gasteiger partial charge in [-0.1, -0.05) is 6.92 Å². The van der Waals surface area contributed by atoms with Crippen molar-refractivity contribution >= 4 is 11.9 Å². The van der Waals surface area contributed by atoms with Crippen molar-refractivity contribution in [1.82, 2.24) is 0 Å². The normalized spacial score (nSPS) is 60.4. The Kier molecular flexibility index (Phi) is 2.88. The van der Waals surface area contributed by atoms with Crippen molar-refractivity contribution in [2.75, 3.05) is 7.11 Å². The molecule has 11 atom stereocenters. The fraction of sp³-hybridized carbons (Fsp3) is 0.900. The minimum absolute atomic E-state index is 0.211. The van der Waals surface area contributed by atoms with Crippen molar-refractivity contribution < 1.29 is 38.4 Å². The highest BCUT2D eigenvalue weighted by Gasteiger charge is 2.94. The molecule has 0 aromatic heterocycles. The predicted molar refractivity (Wildman–Crippen MR) is 90.9 cm³/mol. The van der Waals surface area contributed by atoms with Crippen LogP contribution in [-0.2, 0) is 33.3 Å². The Morgan fingerprint density at radius 1 is 1.18 bits per heavy atom. The van der Waals surface area contributed by atoms with Crippen molar-refractivity contribution in [2.24, 2.45) is 23.2 Å². The van der Waals surface area contributed by atoms with Crippen LogP contribution in [0.4, 0.5) is 0 Å². The lowest BCUT2D eigenvalue weighted by Gasteiger charge is -2.54. The number of epoxide rings is 2. The van der Waals surface area contributed by atoms with Crippen LogP contribution in [0.15, 0.2) is 0 Å². The van der Waals surface area contributed by atoms with E-state index in [1.165, 1.54) is 0 Å². The van der Waals surface area contributed by atoms with E-state index in [1.54, 1.807) is 14.0 Å². The van der Waals surface area contributed by atoms with Gasteiger partial charge in [0.1, 0.15) is 17.8 Å². The summed E-state index contributed by atoms with van der Waals surface area (Å²) in [4.78, 5) is 25.6. The van der Waals surface area contributed by atoms with Crippen LogP contribution >= 0.6 is 0 Å². The Labute approximate surface area is 162 Å². The average Bonchev–Trinajstić information content (AvgIpc) is 3.40. The molecule has 1 unspecified atom stereocenters. The van der Waals surface area contributed by atoms with E-state index >= 15 is 0 Å². The number of rotatable bonds is 2. The maximum absolute atomic E-state index is 13.0. The summed E-state index contributed by atoms with van der Waals surface area (Å²) in [5.41, 5.74) is -2.85. The Bertz CT molecular complexity index is 808. The molecule has 2 spiro atoms. The Hall–Kier alpha value is -1.22. The summed E-state index contributed by atoms with van der Waals surface area (Å²) in [6.07, 6.45) is -2.04. The number of hydrogen-bond acceptors (Lipinski definition) is 8. The van der Waals surface area contributed by atoms with E-state index in [4.69, 9.17) is 23.7 Å². The van der Waals surface area contributed by atoms with Crippen molar-refractivity contribution in [3.05, 3.63) is 0 Å². The smallest absolute Gasteiger partial charge is 0.313 e. The van der Waals surface area contributed by atoms with Gasteiger partial charge in [0, 0.05) is 24.9 Å². The van der Waals surface area contributed by atoms with E-state index in [0.717, 1.165) is 0 Å². The number of methoxy groups -OCH3 is 1. The first-order valence-corrected chi connectivity index (χ1v) is 10.1. The molecule has 4 aliphatic heterocycles. The third kappa shape index (κ3) is 1.50. The van der Waals surface area contributed by atoms with Gasteiger partial charge >= 0.3 is 11.9 Å². The maximum atomic E-state index is 13.0.